The third-order valence-corrected chi connectivity index (χ3v) is 5.04. The minimum absolute atomic E-state index is 0.120. The van der Waals surface area contributed by atoms with Crippen molar-refractivity contribution in [3.63, 3.8) is 0 Å². The molecule has 0 aromatic rings. The van der Waals surface area contributed by atoms with Gasteiger partial charge in [-0.2, -0.15) is 13.2 Å². The molecule has 0 atom stereocenters. The molecule has 0 aromatic heterocycles. The van der Waals surface area contributed by atoms with Crippen LogP contribution in [0.2, 0.25) is 0 Å². The van der Waals surface area contributed by atoms with Gasteiger partial charge in [0.05, 0.1) is 13.2 Å². The molecular formula is C17H29F3O2. The third kappa shape index (κ3) is 6.07. The number of halogens is 3. The number of ether oxygens (including phenoxy) is 2. The Balaban J connectivity index is 1.61. The molecule has 2 nitrogen and oxygen atoms in total. The normalized spacial score (nSPS) is 33.8. The van der Waals surface area contributed by atoms with Crippen LogP contribution in [0.4, 0.5) is 13.2 Å². The number of rotatable bonds is 6. The Bertz CT molecular complexity index is 304. The van der Waals surface area contributed by atoms with Gasteiger partial charge >= 0.3 is 6.18 Å². The van der Waals surface area contributed by atoms with Crippen molar-refractivity contribution in [1.29, 1.82) is 0 Å². The summed E-state index contributed by atoms with van der Waals surface area (Å²) in [6.07, 6.45) is 3.26. The fraction of sp³-hybridized carbons (Fsp3) is 1.00. The standard InChI is InChI=1S/C17H29F3O2/c1-2-4-13-6-8-15(9-7-13)16-21-11-14(12-22-16)5-3-10-17(18,19)20/h13-16H,2-12H2,1H3/t13-,14-,15-,16-. The van der Waals surface area contributed by atoms with Crippen LogP contribution in [-0.4, -0.2) is 25.7 Å². The predicted molar refractivity (Wildman–Crippen MR) is 79.4 cm³/mol. The second-order valence-corrected chi connectivity index (χ2v) is 6.98. The van der Waals surface area contributed by atoms with E-state index in [1.165, 1.54) is 25.7 Å². The molecule has 0 bridgehead atoms. The maximum atomic E-state index is 12.1. The minimum atomic E-state index is -4.05. The zero-order valence-electron chi connectivity index (χ0n) is 13.5. The summed E-state index contributed by atoms with van der Waals surface area (Å²) in [4.78, 5) is 0. The summed E-state index contributed by atoms with van der Waals surface area (Å²) in [7, 11) is 0. The molecule has 2 aliphatic rings. The van der Waals surface area contributed by atoms with Gasteiger partial charge in [0.2, 0.25) is 0 Å². The van der Waals surface area contributed by atoms with Gasteiger partial charge in [0.1, 0.15) is 0 Å². The Morgan fingerprint density at radius 3 is 2.09 bits per heavy atom. The Morgan fingerprint density at radius 1 is 0.909 bits per heavy atom. The van der Waals surface area contributed by atoms with Crippen LogP contribution in [0.15, 0.2) is 0 Å². The summed E-state index contributed by atoms with van der Waals surface area (Å²) in [5.41, 5.74) is 0. The van der Waals surface area contributed by atoms with Gasteiger partial charge in [-0.3, -0.25) is 0 Å². The van der Waals surface area contributed by atoms with Gasteiger partial charge in [-0.25, -0.2) is 0 Å². The summed E-state index contributed by atoms with van der Waals surface area (Å²) < 4.78 is 48.0. The fourth-order valence-electron chi connectivity index (χ4n) is 3.75. The van der Waals surface area contributed by atoms with E-state index in [2.05, 4.69) is 6.92 Å². The largest absolute Gasteiger partial charge is 0.389 e. The lowest BCUT2D eigenvalue weighted by Gasteiger charge is -2.37. The van der Waals surface area contributed by atoms with E-state index in [0.717, 1.165) is 18.8 Å². The lowest BCUT2D eigenvalue weighted by Crippen LogP contribution is -2.38. The molecule has 2 rings (SSSR count). The molecule has 0 N–H and O–H groups in total. The van der Waals surface area contributed by atoms with E-state index in [1.807, 2.05) is 0 Å². The molecule has 1 saturated heterocycles. The van der Waals surface area contributed by atoms with Gasteiger partial charge in [-0.1, -0.05) is 19.8 Å². The molecule has 1 aliphatic carbocycles. The summed E-state index contributed by atoms with van der Waals surface area (Å²) in [5, 5.41) is 0. The molecule has 0 amide bonds. The van der Waals surface area contributed by atoms with E-state index in [-0.39, 0.29) is 18.6 Å². The highest BCUT2D eigenvalue weighted by Gasteiger charge is 2.33. The van der Waals surface area contributed by atoms with Crippen LogP contribution < -0.4 is 0 Å². The van der Waals surface area contributed by atoms with Crippen molar-refractivity contribution in [2.75, 3.05) is 13.2 Å². The van der Waals surface area contributed by atoms with Gasteiger partial charge < -0.3 is 9.47 Å². The van der Waals surface area contributed by atoms with E-state index in [9.17, 15) is 13.2 Å². The number of hydrogen-bond donors (Lipinski definition) is 0. The van der Waals surface area contributed by atoms with Crippen LogP contribution in [0.25, 0.3) is 0 Å². The Hall–Kier alpha value is -0.290. The van der Waals surface area contributed by atoms with Crippen molar-refractivity contribution in [2.24, 2.45) is 17.8 Å². The van der Waals surface area contributed by atoms with Crippen LogP contribution in [0.3, 0.4) is 0 Å². The summed E-state index contributed by atoms with van der Waals surface area (Å²) in [6, 6.07) is 0. The van der Waals surface area contributed by atoms with Gasteiger partial charge in [-0.15, -0.1) is 0 Å². The molecular weight excluding hydrogens is 293 g/mol. The molecule has 1 aliphatic heterocycles. The first kappa shape index (κ1) is 18.1. The lowest BCUT2D eigenvalue weighted by molar-refractivity contribution is -0.230. The van der Waals surface area contributed by atoms with Gasteiger partial charge in [-0.05, 0) is 44.4 Å². The van der Waals surface area contributed by atoms with E-state index in [4.69, 9.17) is 9.47 Å². The van der Waals surface area contributed by atoms with Crippen molar-refractivity contribution < 1.29 is 22.6 Å². The predicted octanol–water partition coefficient (Wildman–Crippen LogP) is 5.31. The molecule has 0 radical (unpaired) electrons. The zero-order valence-corrected chi connectivity index (χ0v) is 13.5. The maximum absolute atomic E-state index is 12.1. The van der Waals surface area contributed by atoms with E-state index in [1.54, 1.807) is 0 Å². The highest BCUT2D eigenvalue weighted by atomic mass is 19.4. The average molecular weight is 322 g/mol. The summed E-state index contributed by atoms with van der Waals surface area (Å²) >= 11 is 0. The highest BCUT2D eigenvalue weighted by molar-refractivity contribution is 4.77. The second kappa shape index (κ2) is 8.53. The Morgan fingerprint density at radius 2 is 1.55 bits per heavy atom. The molecule has 0 spiro atoms. The molecule has 1 saturated carbocycles. The SMILES string of the molecule is CCC[C@H]1CC[C@H]([C@H]2OC[C@H](CCCC(F)(F)F)CO2)CC1. The first-order valence-electron chi connectivity index (χ1n) is 8.78. The topological polar surface area (TPSA) is 18.5 Å². The highest BCUT2D eigenvalue weighted by Crippen LogP contribution is 2.36. The summed E-state index contributed by atoms with van der Waals surface area (Å²) in [6.45, 7) is 3.34. The molecule has 5 heteroatoms. The van der Waals surface area contributed by atoms with E-state index < -0.39 is 12.6 Å². The van der Waals surface area contributed by atoms with Crippen LogP contribution >= 0.6 is 0 Å². The fourth-order valence-corrected chi connectivity index (χ4v) is 3.75. The monoisotopic (exact) mass is 322 g/mol. The van der Waals surface area contributed by atoms with E-state index >= 15 is 0 Å². The Labute approximate surface area is 131 Å². The van der Waals surface area contributed by atoms with Gasteiger partial charge in [0.25, 0.3) is 0 Å². The smallest absolute Gasteiger partial charge is 0.352 e. The second-order valence-electron chi connectivity index (χ2n) is 6.98. The third-order valence-electron chi connectivity index (χ3n) is 5.04. The zero-order chi connectivity index (χ0) is 16.0. The molecule has 22 heavy (non-hydrogen) atoms. The molecule has 0 unspecified atom stereocenters. The molecule has 1 heterocycles. The van der Waals surface area contributed by atoms with Crippen molar-refractivity contribution in [3.8, 4) is 0 Å². The van der Waals surface area contributed by atoms with Gasteiger partial charge in [0, 0.05) is 18.3 Å². The minimum Gasteiger partial charge on any atom is -0.352 e. The van der Waals surface area contributed by atoms with Gasteiger partial charge in [0.15, 0.2) is 6.29 Å². The number of hydrogen-bond acceptors (Lipinski definition) is 2. The Kier molecular flexibility index (Phi) is 7.00. The van der Waals surface area contributed by atoms with Crippen molar-refractivity contribution in [3.05, 3.63) is 0 Å². The van der Waals surface area contributed by atoms with Crippen molar-refractivity contribution in [1.82, 2.24) is 0 Å². The van der Waals surface area contributed by atoms with E-state index in [0.29, 0.717) is 25.6 Å². The first-order valence-corrected chi connectivity index (χ1v) is 8.78. The van der Waals surface area contributed by atoms with Crippen molar-refractivity contribution >= 4 is 0 Å². The number of alkyl halides is 3. The molecule has 0 aromatic carbocycles. The van der Waals surface area contributed by atoms with Crippen LogP contribution in [-0.2, 0) is 9.47 Å². The van der Waals surface area contributed by atoms with Crippen LogP contribution in [0, 0.1) is 17.8 Å². The van der Waals surface area contributed by atoms with Crippen LogP contribution in [0.1, 0.15) is 64.7 Å². The molecule has 2 fully saturated rings. The first-order chi connectivity index (χ1) is 10.5. The summed E-state index contributed by atoms with van der Waals surface area (Å²) in [5.74, 6) is 1.46. The molecule has 130 valence electrons. The average Bonchev–Trinajstić information content (AvgIpc) is 2.48. The van der Waals surface area contributed by atoms with Crippen molar-refractivity contribution in [2.45, 2.75) is 77.2 Å². The maximum Gasteiger partial charge on any atom is 0.389 e. The lowest BCUT2D eigenvalue weighted by atomic mass is 9.79. The van der Waals surface area contributed by atoms with Crippen LogP contribution in [0.5, 0.6) is 0 Å². The quantitative estimate of drug-likeness (QED) is 0.659.